The van der Waals surface area contributed by atoms with Crippen molar-refractivity contribution < 1.29 is 13.6 Å². The molecule has 1 aromatic heterocycles. The number of nitrogens with one attached hydrogen (secondary N) is 1. The number of piperidine rings is 1. The third-order valence-corrected chi connectivity index (χ3v) is 5.23. The van der Waals surface area contributed by atoms with Gasteiger partial charge in [-0.25, -0.2) is 18.7 Å². The molecule has 0 spiro atoms. The van der Waals surface area contributed by atoms with E-state index in [4.69, 9.17) is 0 Å². The highest BCUT2D eigenvalue weighted by Crippen LogP contribution is 2.27. The number of halogens is 2. The summed E-state index contributed by atoms with van der Waals surface area (Å²) in [5.41, 5.74) is 1.79. The third kappa shape index (κ3) is 4.79. The maximum Gasteiger partial charge on any atom is 0.227 e. The number of hydrogen-bond donors (Lipinski definition) is 1. The zero-order valence-corrected chi connectivity index (χ0v) is 16.4. The average molecular weight is 408 g/mol. The first-order chi connectivity index (χ1) is 14.6. The molecule has 1 aliphatic heterocycles. The first kappa shape index (κ1) is 19.9. The summed E-state index contributed by atoms with van der Waals surface area (Å²) in [5.74, 6) is -0.352. The van der Waals surface area contributed by atoms with E-state index in [0.29, 0.717) is 30.3 Å². The summed E-state index contributed by atoms with van der Waals surface area (Å²) in [7, 11) is 0. The smallest absolute Gasteiger partial charge is 0.227 e. The zero-order valence-electron chi connectivity index (χ0n) is 16.4. The van der Waals surface area contributed by atoms with Gasteiger partial charge in [-0.3, -0.25) is 4.79 Å². The lowest BCUT2D eigenvalue weighted by Crippen LogP contribution is -2.40. The van der Waals surface area contributed by atoms with E-state index in [2.05, 4.69) is 15.3 Å². The lowest BCUT2D eigenvalue weighted by Gasteiger charge is -2.32. The van der Waals surface area contributed by atoms with E-state index >= 15 is 0 Å². The summed E-state index contributed by atoms with van der Waals surface area (Å²) >= 11 is 0. The van der Waals surface area contributed by atoms with E-state index in [1.54, 1.807) is 36.5 Å². The van der Waals surface area contributed by atoms with Crippen LogP contribution in [0.4, 0.5) is 20.4 Å². The van der Waals surface area contributed by atoms with Gasteiger partial charge in [0.15, 0.2) is 0 Å². The van der Waals surface area contributed by atoms with Gasteiger partial charge >= 0.3 is 0 Å². The van der Waals surface area contributed by atoms with Crippen molar-refractivity contribution in [2.24, 2.45) is 0 Å². The van der Waals surface area contributed by atoms with Crippen molar-refractivity contribution in [2.75, 3.05) is 18.4 Å². The summed E-state index contributed by atoms with van der Waals surface area (Å²) in [6.45, 7) is 1.22. The van der Waals surface area contributed by atoms with Crippen LogP contribution < -0.4 is 5.32 Å². The maximum absolute atomic E-state index is 13.9. The largest absolute Gasteiger partial charge is 0.342 e. The van der Waals surface area contributed by atoms with Gasteiger partial charge in [-0.1, -0.05) is 24.3 Å². The fraction of sp³-hybridized carbons (Fsp3) is 0.261. The van der Waals surface area contributed by atoms with Crippen LogP contribution in [0.3, 0.4) is 0 Å². The Morgan fingerprint density at radius 2 is 2.00 bits per heavy atom. The second-order valence-corrected chi connectivity index (χ2v) is 7.40. The van der Waals surface area contributed by atoms with E-state index in [-0.39, 0.29) is 29.9 Å². The Labute approximate surface area is 173 Å². The molecule has 5 nitrogen and oxygen atoms in total. The molecule has 0 saturated carbocycles. The highest BCUT2D eigenvalue weighted by Gasteiger charge is 2.26. The molecule has 0 aliphatic carbocycles. The zero-order chi connectivity index (χ0) is 20.9. The van der Waals surface area contributed by atoms with E-state index in [9.17, 15) is 13.6 Å². The Bertz CT molecular complexity index is 1040. The molecule has 0 unspecified atom stereocenters. The van der Waals surface area contributed by atoms with Crippen molar-refractivity contribution in [1.29, 1.82) is 0 Å². The summed E-state index contributed by atoms with van der Waals surface area (Å²) < 4.78 is 27.3. The Morgan fingerprint density at radius 1 is 1.13 bits per heavy atom. The number of likely N-dealkylation sites (tertiary alicyclic amines) is 1. The summed E-state index contributed by atoms with van der Waals surface area (Å²) in [5, 5.41) is 2.91. The molecular formula is C23H22F2N4O. The van der Waals surface area contributed by atoms with Crippen molar-refractivity contribution in [3.05, 3.63) is 83.7 Å². The fourth-order valence-corrected chi connectivity index (χ4v) is 3.72. The normalized spacial score (nSPS) is 16.3. The molecule has 1 fully saturated rings. The first-order valence-electron chi connectivity index (χ1n) is 9.95. The van der Waals surface area contributed by atoms with E-state index in [1.807, 2.05) is 11.0 Å². The molecule has 3 aromatic rings. The molecule has 1 atom stereocenters. The van der Waals surface area contributed by atoms with Gasteiger partial charge < -0.3 is 10.2 Å². The number of aromatic nitrogens is 2. The predicted octanol–water partition coefficient (Wildman–Crippen LogP) is 4.45. The number of carbonyl (C=O) groups excluding carboxylic acids is 1. The van der Waals surface area contributed by atoms with Crippen molar-refractivity contribution in [2.45, 2.75) is 25.2 Å². The maximum atomic E-state index is 13.9. The molecule has 1 N–H and O–H groups in total. The number of amides is 1. The van der Waals surface area contributed by atoms with Gasteiger partial charge in [-0.05, 0) is 48.7 Å². The number of hydrogen-bond acceptors (Lipinski definition) is 4. The number of nitrogens with zero attached hydrogens (tertiary/aromatic N) is 3. The van der Waals surface area contributed by atoms with Crippen LogP contribution in [0.15, 0.2) is 60.8 Å². The highest BCUT2D eigenvalue weighted by molar-refractivity contribution is 5.79. The Kier molecular flexibility index (Phi) is 5.97. The number of anilines is 2. The molecule has 1 saturated heterocycles. The number of rotatable bonds is 5. The molecule has 7 heteroatoms. The van der Waals surface area contributed by atoms with E-state index in [0.717, 1.165) is 18.5 Å². The van der Waals surface area contributed by atoms with Crippen molar-refractivity contribution in [3.63, 3.8) is 0 Å². The van der Waals surface area contributed by atoms with Crippen LogP contribution >= 0.6 is 0 Å². The quantitative estimate of drug-likeness (QED) is 0.678. The van der Waals surface area contributed by atoms with Crippen LogP contribution in [0.1, 0.15) is 30.0 Å². The molecule has 1 amide bonds. The fourth-order valence-electron chi connectivity index (χ4n) is 3.72. The average Bonchev–Trinajstić information content (AvgIpc) is 2.76. The topological polar surface area (TPSA) is 58.1 Å². The Morgan fingerprint density at radius 3 is 2.83 bits per heavy atom. The van der Waals surface area contributed by atoms with E-state index < -0.39 is 0 Å². The van der Waals surface area contributed by atoms with Gasteiger partial charge in [-0.15, -0.1) is 0 Å². The molecule has 2 aromatic carbocycles. The van der Waals surface area contributed by atoms with Gasteiger partial charge in [0, 0.05) is 25.2 Å². The third-order valence-electron chi connectivity index (χ3n) is 5.23. The minimum absolute atomic E-state index is 0.0240. The van der Waals surface area contributed by atoms with Crippen molar-refractivity contribution in [1.82, 2.24) is 14.9 Å². The van der Waals surface area contributed by atoms with Gasteiger partial charge in [0.2, 0.25) is 11.9 Å². The lowest BCUT2D eigenvalue weighted by molar-refractivity contribution is -0.131. The molecule has 4 rings (SSSR count). The Hall–Kier alpha value is -3.35. The summed E-state index contributed by atoms with van der Waals surface area (Å²) in [6, 6.07) is 14.3. The number of benzene rings is 2. The number of carbonyl (C=O) groups is 1. The standard InChI is InChI=1S/C23H22F2N4O/c24-18-7-3-5-16(13-18)14-22(30)29-12-4-6-17(15-29)20-10-11-26-23(27-20)28-21-9-2-1-8-19(21)25/h1-3,5,7-11,13,17H,4,6,12,14-15H2,(H,26,27,28)/t17-/m1/s1. The van der Waals surface area contributed by atoms with Gasteiger partial charge in [0.1, 0.15) is 11.6 Å². The van der Waals surface area contributed by atoms with Crippen LogP contribution in [-0.4, -0.2) is 33.9 Å². The van der Waals surface area contributed by atoms with Crippen LogP contribution in [0, 0.1) is 11.6 Å². The minimum Gasteiger partial charge on any atom is -0.342 e. The molecular weight excluding hydrogens is 386 g/mol. The van der Waals surface area contributed by atoms with Crippen LogP contribution in [-0.2, 0) is 11.2 Å². The minimum atomic E-state index is -0.377. The molecule has 2 heterocycles. The monoisotopic (exact) mass is 408 g/mol. The lowest BCUT2D eigenvalue weighted by atomic mass is 9.94. The Balaban J connectivity index is 1.44. The van der Waals surface area contributed by atoms with Crippen LogP contribution in [0.25, 0.3) is 0 Å². The van der Waals surface area contributed by atoms with Crippen LogP contribution in [0.5, 0.6) is 0 Å². The summed E-state index contributed by atoms with van der Waals surface area (Å²) in [6.07, 6.45) is 3.58. The molecule has 0 bridgehead atoms. The number of para-hydroxylation sites is 1. The highest BCUT2D eigenvalue weighted by atomic mass is 19.1. The first-order valence-corrected chi connectivity index (χ1v) is 9.95. The second-order valence-electron chi connectivity index (χ2n) is 7.40. The summed E-state index contributed by atoms with van der Waals surface area (Å²) in [4.78, 5) is 23.3. The van der Waals surface area contributed by atoms with Crippen molar-refractivity contribution in [3.8, 4) is 0 Å². The van der Waals surface area contributed by atoms with Gasteiger partial charge in [-0.2, -0.15) is 0 Å². The molecule has 1 aliphatic rings. The SMILES string of the molecule is O=C(Cc1cccc(F)c1)N1CCC[C@@H](c2ccnc(Nc3ccccc3F)n2)C1. The second kappa shape index (κ2) is 8.98. The van der Waals surface area contributed by atoms with Gasteiger partial charge in [0.25, 0.3) is 0 Å². The molecule has 30 heavy (non-hydrogen) atoms. The van der Waals surface area contributed by atoms with Gasteiger partial charge in [0.05, 0.1) is 17.8 Å². The molecule has 0 radical (unpaired) electrons. The van der Waals surface area contributed by atoms with Crippen molar-refractivity contribution >= 4 is 17.5 Å². The molecule has 154 valence electrons. The van der Waals surface area contributed by atoms with E-state index in [1.165, 1.54) is 18.2 Å². The van der Waals surface area contributed by atoms with Crippen LogP contribution in [0.2, 0.25) is 0 Å². The predicted molar refractivity (Wildman–Crippen MR) is 110 cm³/mol.